The van der Waals surface area contributed by atoms with E-state index >= 15 is 0 Å². The Morgan fingerprint density at radius 3 is 3.10 bits per heavy atom. The van der Waals surface area contributed by atoms with Gasteiger partial charge in [-0.2, -0.15) is 15.1 Å². The number of aromatic nitrogens is 4. The van der Waals surface area contributed by atoms with Crippen LogP contribution < -0.4 is 10.6 Å². The first kappa shape index (κ1) is 13.1. The highest BCUT2D eigenvalue weighted by Gasteiger charge is 2.15. The fourth-order valence-electron chi connectivity index (χ4n) is 2.39. The van der Waals surface area contributed by atoms with Crippen LogP contribution in [0.5, 0.6) is 0 Å². The minimum absolute atomic E-state index is 0.267. The maximum Gasteiger partial charge on any atom is 0.226 e. The number of rotatable bonds is 5. The average Bonchev–Trinajstić information content (AvgIpc) is 2.95. The molecule has 0 spiro atoms. The lowest BCUT2D eigenvalue weighted by Gasteiger charge is -2.23. The fourth-order valence-corrected chi connectivity index (χ4v) is 2.39. The van der Waals surface area contributed by atoms with Gasteiger partial charge in [-0.05, 0) is 26.2 Å². The lowest BCUT2D eigenvalue weighted by atomic mass is 10.1. The van der Waals surface area contributed by atoms with Crippen LogP contribution in [-0.2, 0) is 4.74 Å². The molecule has 1 aliphatic heterocycles. The summed E-state index contributed by atoms with van der Waals surface area (Å²) in [6.07, 6.45) is 5.52. The summed E-state index contributed by atoms with van der Waals surface area (Å²) in [5, 5.41) is 14.3. The number of nitrogens with zero attached hydrogens (tertiary/aromatic N) is 3. The van der Waals surface area contributed by atoms with Gasteiger partial charge < -0.3 is 15.4 Å². The second-order valence-electron chi connectivity index (χ2n) is 4.93. The van der Waals surface area contributed by atoms with E-state index in [4.69, 9.17) is 4.74 Å². The van der Waals surface area contributed by atoms with Crippen molar-refractivity contribution in [3.05, 3.63) is 6.20 Å². The summed E-state index contributed by atoms with van der Waals surface area (Å²) < 4.78 is 5.73. The molecule has 0 radical (unpaired) electrons. The number of anilines is 2. The third-order valence-corrected chi connectivity index (χ3v) is 3.42. The zero-order chi connectivity index (χ0) is 13.8. The molecule has 0 aromatic carbocycles. The van der Waals surface area contributed by atoms with E-state index in [2.05, 4.69) is 30.8 Å². The molecule has 3 N–H and O–H groups in total. The Morgan fingerprint density at radius 2 is 2.30 bits per heavy atom. The van der Waals surface area contributed by atoms with Crippen LogP contribution in [-0.4, -0.2) is 46.0 Å². The summed E-state index contributed by atoms with van der Waals surface area (Å²) in [5.41, 5.74) is 0.739. The molecule has 2 aromatic rings. The summed E-state index contributed by atoms with van der Waals surface area (Å²) >= 11 is 0. The number of hydrogen-bond donors (Lipinski definition) is 3. The maximum absolute atomic E-state index is 5.73. The van der Waals surface area contributed by atoms with E-state index in [1.807, 2.05) is 6.92 Å². The lowest BCUT2D eigenvalue weighted by molar-refractivity contribution is 0.0247. The van der Waals surface area contributed by atoms with E-state index in [0.29, 0.717) is 5.95 Å². The van der Waals surface area contributed by atoms with Gasteiger partial charge in [0.05, 0.1) is 17.7 Å². The van der Waals surface area contributed by atoms with E-state index in [-0.39, 0.29) is 6.10 Å². The van der Waals surface area contributed by atoms with Crippen molar-refractivity contribution in [3.63, 3.8) is 0 Å². The van der Waals surface area contributed by atoms with E-state index < -0.39 is 0 Å². The molecule has 1 aliphatic rings. The number of hydrogen-bond acceptors (Lipinski definition) is 6. The van der Waals surface area contributed by atoms with Gasteiger partial charge in [0.25, 0.3) is 0 Å². The van der Waals surface area contributed by atoms with Crippen molar-refractivity contribution in [2.75, 3.05) is 30.3 Å². The molecule has 0 bridgehead atoms. The van der Waals surface area contributed by atoms with Gasteiger partial charge in [-0.15, -0.1) is 0 Å². The van der Waals surface area contributed by atoms with Gasteiger partial charge in [-0.3, -0.25) is 5.10 Å². The smallest absolute Gasteiger partial charge is 0.226 e. The van der Waals surface area contributed by atoms with E-state index in [9.17, 15) is 0 Å². The standard InChI is InChI=1S/C13H20N6O/c1-2-14-13-17-11(10-8-16-19-12(10)18-13)15-7-9-5-3-4-6-20-9/h8-9H,2-7H2,1H3,(H3,14,15,16,17,18,19). The van der Waals surface area contributed by atoms with Crippen LogP contribution in [0.15, 0.2) is 6.20 Å². The third kappa shape index (κ3) is 2.82. The molecule has 108 valence electrons. The van der Waals surface area contributed by atoms with Gasteiger partial charge in [0.15, 0.2) is 5.65 Å². The van der Waals surface area contributed by atoms with Gasteiger partial charge in [-0.25, -0.2) is 0 Å². The van der Waals surface area contributed by atoms with Crippen molar-refractivity contribution in [1.82, 2.24) is 20.2 Å². The van der Waals surface area contributed by atoms with Crippen molar-refractivity contribution in [2.24, 2.45) is 0 Å². The maximum atomic E-state index is 5.73. The summed E-state index contributed by atoms with van der Waals surface area (Å²) in [6, 6.07) is 0. The molecule has 20 heavy (non-hydrogen) atoms. The molecule has 7 heteroatoms. The average molecular weight is 276 g/mol. The Balaban J connectivity index is 1.76. The monoisotopic (exact) mass is 276 g/mol. The Morgan fingerprint density at radius 1 is 1.35 bits per heavy atom. The van der Waals surface area contributed by atoms with Crippen LogP contribution in [0, 0.1) is 0 Å². The number of aromatic amines is 1. The lowest BCUT2D eigenvalue weighted by Crippen LogP contribution is -2.27. The third-order valence-electron chi connectivity index (χ3n) is 3.42. The van der Waals surface area contributed by atoms with Crippen LogP contribution in [0.25, 0.3) is 11.0 Å². The molecule has 2 aromatic heterocycles. The van der Waals surface area contributed by atoms with Crippen molar-refractivity contribution >= 4 is 22.8 Å². The first-order valence-corrected chi connectivity index (χ1v) is 7.17. The first-order chi connectivity index (χ1) is 9.86. The second-order valence-corrected chi connectivity index (χ2v) is 4.93. The molecule has 1 atom stereocenters. The van der Waals surface area contributed by atoms with Crippen molar-refractivity contribution in [2.45, 2.75) is 32.3 Å². The molecular weight excluding hydrogens is 256 g/mol. The largest absolute Gasteiger partial charge is 0.376 e. The molecule has 1 saturated heterocycles. The molecule has 7 nitrogen and oxygen atoms in total. The zero-order valence-electron chi connectivity index (χ0n) is 11.6. The van der Waals surface area contributed by atoms with Crippen molar-refractivity contribution in [1.29, 1.82) is 0 Å². The predicted molar refractivity (Wildman–Crippen MR) is 77.9 cm³/mol. The zero-order valence-corrected chi connectivity index (χ0v) is 11.6. The first-order valence-electron chi connectivity index (χ1n) is 7.17. The minimum atomic E-state index is 0.267. The topological polar surface area (TPSA) is 87.8 Å². The Labute approximate surface area is 117 Å². The van der Waals surface area contributed by atoms with Crippen LogP contribution >= 0.6 is 0 Å². The van der Waals surface area contributed by atoms with Crippen LogP contribution in [0.3, 0.4) is 0 Å². The van der Waals surface area contributed by atoms with Gasteiger partial charge in [-0.1, -0.05) is 0 Å². The van der Waals surface area contributed by atoms with Crippen molar-refractivity contribution in [3.8, 4) is 0 Å². The molecule has 1 fully saturated rings. The number of H-pyrrole nitrogens is 1. The summed E-state index contributed by atoms with van der Waals surface area (Å²) in [4.78, 5) is 8.87. The van der Waals surface area contributed by atoms with E-state index in [1.165, 1.54) is 12.8 Å². The predicted octanol–water partition coefficient (Wildman–Crippen LogP) is 1.77. The van der Waals surface area contributed by atoms with Crippen LogP contribution in [0.4, 0.5) is 11.8 Å². The van der Waals surface area contributed by atoms with Gasteiger partial charge in [0.2, 0.25) is 5.95 Å². The number of nitrogens with one attached hydrogen (secondary N) is 3. The molecule has 3 heterocycles. The second kappa shape index (κ2) is 6.04. The van der Waals surface area contributed by atoms with Crippen LogP contribution in [0.2, 0.25) is 0 Å². The molecular formula is C13H20N6O. The summed E-state index contributed by atoms with van der Waals surface area (Å²) in [6.45, 7) is 4.43. The summed E-state index contributed by atoms with van der Waals surface area (Å²) in [5.74, 6) is 1.41. The van der Waals surface area contributed by atoms with Gasteiger partial charge >= 0.3 is 0 Å². The highest BCUT2D eigenvalue weighted by Crippen LogP contribution is 2.21. The molecule has 0 amide bonds. The van der Waals surface area contributed by atoms with E-state index in [0.717, 1.165) is 43.0 Å². The fraction of sp³-hybridized carbons (Fsp3) is 0.615. The quantitative estimate of drug-likeness (QED) is 0.771. The van der Waals surface area contributed by atoms with Gasteiger partial charge in [0, 0.05) is 19.7 Å². The number of ether oxygens (including phenoxy) is 1. The highest BCUT2D eigenvalue weighted by molar-refractivity contribution is 5.86. The number of fused-ring (bicyclic) bond motifs is 1. The molecule has 0 saturated carbocycles. The molecule has 3 rings (SSSR count). The normalized spacial score (nSPS) is 19.1. The SMILES string of the molecule is CCNc1nc(NCC2CCCCO2)c2cn[nH]c2n1. The van der Waals surface area contributed by atoms with E-state index in [1.54, 1.807) is 6.20 Å². The van der Waals surface area contributed by atoms with Crippen LogP contribution in [0.1, 0.15) is 26.2 Å². The Hall–Kier alpha value is -1.89. The highest BCUT2D eigenvalue weighted by atomic mass is 16.5. The molecule has 1 unspecified atom stereocenters. The summed E-state index contributed by atoms with van der Waals surface area (Å²) in [7, 11) is 0. The Kier molecular flexibility index (Phi) is 3.96. The minimum Gasteiger partial charge on any atom is -0.376 e. The molecule has 0 aliphatic carbocycles. The van der Waals surface area contributed by atoms with Crippen molar-refractivity contribution < 1.29 is 4.74 Å². The van der Waals surface area contributed by atoms with Gasteiger partial charge in [0.1, 0.15) is 5.82 Å². The Bertz CT molecular complexity index is 563.